The minimum absolute atomic E-state index is 0.256. The molecule has 0 aromatic heterocycles. The van der Waals surface area contributed by atoms with Gasteiger partial charge in [-0.2, -0.15) is 5.06 Å². The predicted molar refractivity (Wildman–Crippen MR) is 90.4 cm³/mol. The minimum Gasteiger partial charge on any atom is -0.493 e. The molecule has 2 rings (SSSR count). The second-order valence-electron chi connectivity index (χ2n) is 5.35. The van der Waals surface area contributed by atoms with Gasteiger partial charge in [0.05, 0.1) is 27.4 Å². The average Bonchev–Trinajstić information content (AvgIpc) is 2.97. The lowest BCUT2D eigenvalue weighted by molar-refractivity contribution is -0.137. The molecule has 0 radical (unpaired) electrons. The number of hydrogen-bond donors (Lipinski definition) is 0. The number of hydroxylamine groups is 2. The highest BCUT2D eigenvalue weighted by molar-refractivity contribution is 7.54. The molecule has 0 unspecified atom stereocenters. The smallest absolute Gasteiger partial charge is 0.350 e. The molecular weight excluding hydrogens is 333 g/mol. The number of benzene rings is 1. The Morgan fingerprint density at radius 2 is 1.79 bits per heavy atom. The number of ether oxygens (including phenoxy) is 2. The highest BCUT2D eigenvalue weighted by atomic mass is 31.2. The van der Waals surface area contributed by atoms with E-state index in [9.17, 15) is 4.57 Å². The van der Waals surface area contributed by atoms with Crippen molar-refractivity contribution in [3.05, 3.63) is 23.8 Å². The Bertz CT molecular complexity index is 586. The summed E-state index contributed by atoms with van der Waals surface area (Å²) in [6.45, 7) is 4.24. The van der Waals surface area contributed by atoms with E-state index in [1.807, 2.05) is 18.2 Å². The zero-order valence-electron chi connectivity index (χ0n) is 14.9. The Morgan fingerprint density at radius 3 is 2.33 bits per heavy atom. The number of nitrogens with zero attached hydrogens (tertiary/aromatic N) is 1. The van der Waals surface area contributed by atoms with E-state index in [2.05, 4.69) is 0 Å². The van der Waals surface area contributed by atoms with Gasteiger partial charge in [-0.15, -0.1) is 0 Å². The first-order valence-electron chi connectivity index (χ1n) is 7.99. The van der Waals surface area contributed by atoms with Gasteiger partial charge in [0.1, 0.15) is 11.9 Å². The van der Waals surface area contributed by atoms with Gasteiger partial charge in [-0.3, -0.25) is 9.40 Å². The highest BCUT2D eigenvalue weighted by Crippen LogP contribution is 2.59. The van der Waals surface area contributed by atoms with Crippen LogP contribution in [0.4, 0.5) is 0 Å². The highest BCUT2D eigenvalue weighted by Gasteiger charge is 2.46. The molecule has 24 heavy (non-hydrogen) atoms. The first-order valence-corrected chi connectivity index (χ1v) is 9.60. The number of hydrogen-bond acceptors (Lipinski definition) is 7. The van der Waals surface area contributed by atoms with Crippen molar-refractivity contribution >= 4 is 7.60 Å². The van der Waals surface area contributed by atoms with Crippen molar-refractivity contribution in [2.24, 2.45) is 0 Å². The molecule has 0 spiro atoms. The van der Waals surface area contributed by atoms with E-state index in [0.29, 0.717) is 31.1 Å². The van der Waals surface area contributed by atoms with Crippen LogP contribution in [-0.2, 0) is 18.5 Å². The van der Waals surface area contributed by atoms with E-state index in [0.717, 1.165) is 5.56 Å². The molecule has 0 N–H and O–H groups in total. The molecule has 1 heterocycles. The summed E-state index contributed by atoms with van der Waals surface area (Å²) in [7, 11) is 1.65. The molecule has 1 aliphatic rings. The van der Waals surface area contributed by atoms with Crippen LogP contribution >= 0.6 is 7.60 Å². The summed E-state index contributed by atoms with van der Waals surface area (Å²) in [5.41, 5.74) is 0.918. The van der Waals surface area contributed by atoms with Gasteiger partial charge in [-0.05, 0) is 31.5 Å². The second-order valence-corrected chi connectivity index (χ2v) is 7.54. The maximum atomic E-state index is 13.0. The molecule has 0 saturated carbocycles. The zero-order chi connectivity index (χ0) is 17.7. The molecule has 136 valence electrons. The fourth-order valence-electron chi connectivity index (χ4n) is 2.80. The van der Waals surface area contributed by atoms with Crippen LogP contribution in [-0.4, -0.2) is 45.3 Å². The third-order valence-corrected chi connectivity index (χ3v) is 6.40. The lowest BCUT2D eigenvalue weighted by Crippen LogP contribution is -2.25. The van der Waals surface area contributed by atoms with Crippen molar-refractivity contribution in [1.29, 1.82) is 0 Å². The first-order chi connectivity index (χ1) is 11.5. The SMILES string of the molecule is CCOP(=O)(OCC)[C@H]1C[C@H](c2ccc(OC)c(OC)c2)ON1C. The van der Waals surface area contributed by atoms with E-state index >= 15 is 0 Å². The molecule has 1 aromatic rings. The molecule has 7 nitrogen and oxygen atoms in total. The van der Waals surface area contributed by atoms with Gasteiger partial charge in [0.15, 0.2) is 11.5 Å². The fraction of sp³-hybridized carbons (Fsp3) is 0.625. The normalized spacial score (nSPS) is 21.9. The molecule has 0 aliphatic carbocycles. The molecule has 8 heteroatoms. The van der Waals surface area contributed by atoms with Crippen LogP contribution in [0.3, 0.4) is 0 Å². The van der Waals surface area contributed by atoms with Gasteiger partial charge in [-0.25, -0.2) is 0 Å². The summed E-state index contributed by atoms with van der Waals surface area (Å²) in [4.78, 5) is 5.88. The molecule has 2 atom stereocenters. The lowest BCUT2D eigenvalue weighted by Gasteiger charge is -2.25. The molecular formula is C16H26NO6P. The Hall–Kier alpha value is -1.11. The number of rotatable bonds is 8. The van der Waals surface area contributed by atoms with Crippen molar-refractivity contribution in [1.82, 2.24) is 5.06 Å². The minimum atomic E-state index is -3.27. The van der Waals surface area contributed by atoms with Crippen LogP contribution in [0.25, 0.3) is 0 Å². The Balaban J connectivity index is 2.22. The monoisotopic (exact) mass is 359 g/mol. The summed E-state index contributed by atoms with van der Waals surface area (Å²) in [6.07, 6.45) is 0.248. The maximum absolute atomic E-state index is 13.0. The van der Waals surface area contributed by atoms with Crippen molar-refractivity contribution in [3.63, 3.8) is 0 Å². The maximum Gasteiger partial charge on any atom is 0.350 e. The van der Waals surface area contributed by atoms with Crippen LogP contribution in [0.1, 0.15) is 31.9 Å². The third-order valence-electron chi connectivity index (χ3n) is 3.90. The summed E-state index contributed by atoms with van der Waals surface area (Å²) in [6, 6.07) is 5.61. The topological polar surface area (TPSA) is 66.5 Å². The quantitative estimate of drug-likeness (QED) is 0.657. The van der Waals surface area contributed by atoms with Crippen LogP contribution in [0.2, 0.25) is 0 Å². The van der Waals surface area contributed by atoms with Gasteiger partial charge in [-0.1, -0.05) is 6.07 Å². The van der Waals surface area contributed by atoms with Crippen LogP contribution in [0.15, 0.2) is 18.2 Å². The van der Waals surface area contributed by atoms with Gasteiger partial charge < -0.3 is 18.5 Å². The summed E-state index contributed by atoms with van der Waals surface area (Å²) in [5, 5.41) is 1.58. The molecule has 1 aromatic carbocycles. The summed E-state index contributed by atoms with van der Waals surface area (Å²) in [5.74, 6) is 0.830. The van der Waals surface area contributed by atoms with Crippen molar-refractivity contribution in [2.75, 3.05) is 34.5 Å². The zero-order valence-corrected chi connectivity index (χ0v) is 15.7. The van der Waals surface area contributed by atoms with E-state index < -0.39 is 13.4 Å². The average molecular weight is 359 g/mol. The molecule has 1 saturated heterocycles. The molecule has 0 amide bonds. The largest absolute Gasteiger partial charge is 0.493 e. The van der Waals surface area contributed by atoms with Gasteiger partial charge in [0.25, 0.3) is 0 Å². The van der Waals surface area contributed by atoms with Crippen LogP contribution in [0, 0.1) is 0 Å². The Labute approximate surface area is 143 Å². The van der Waals surface area contributed by atoms with Crippen LogP contribution in [0.5, 0.6) is 11.5 Å². The van der Waals surface area contributed by atoms with Gasteiger partial charge >= 0.3 is 7.60 Å². The third kappa shape index (κ3) is 3.92. The first kappa shape index (κ1) is 19.2. The Morgan fingerprint density at radius 1 is 1.17 bits per heavy atom. The fourth-order valence-corrected chi connectivity index (χ4v) is 4.84. The van der Waals surface area contributed by atoms with E-state index in [1.165, 1.54) is 0 Å². The van der Waals surface area contributed by atoms with Crippen molar-refractivity contribution < 1.29 is 27.9 Å². The molecule has 1 fully saturated rings. The standard InChI is InChI=1S/C16H26NO6P/c1-6-21-24(18,22-7-2)16-11-14(23-17(16)3)12-8-9-13(19-4)15(10-12)20-5/h8-10,14,16H,6-7,11H2,1-5H3/t14-,16+/m1/s1. The van der Waals surface area contributed by atoms with Crippen molar-refractivity contribution in [3.8, 4) is 11.5 Å². The summed E-state index contributed by atoms with van der Waals surface area (Å²) >= 11 is 0. The van der Waals surface area contributed by atoms with Crippen LogP contribution < -0.4 is 9.47 Å². The van der Waals surface area contributed by atoms with E-state index in [-0.39, 0.29) is 6.10 Å². The molecule has 1 aliphatic heterocycles. The lowest BCUT2D eigenvalue weighted by atomic mass is 10.1. The molecule has 0 bridgehead atoms. The van der Waals surface area contributed by atoms with Gasteiger partial charge in [0.2, 0.25) is 0 Å². The number of methoxy groups -OCH3 is 2. The van der Waals surface area contributed by atoms with E-state index in [4.69, 9.17) is 23.4 Å². The van der Waals surface area contributed by atoms with Crippen molar-refractivity contribution in [2.45, 2.75) is 32.2 Å². The van der Waals surface area contributed by atoms with E-state index in [1.54, 1.807) is 40.2 Å². The second kappa shape index (κ2) is 8.32. The van der Waals surface area contributed by atoms with Gasteiger partial charge in [0, 0.05) is 13.5 Å². The predicted octanol–water partition coefficient (Wildman–Crippen LogP) is 3.60. The Kier molecular flexibility index (Phi) is 6.66. The summed E-state index contributed by atoms with van der Waals surface area (Å²) < 4.78 is 34.5.